The van der Waals surface area contributed by atoms with E-state index in [0.717, 1.165) is 5.56 Å². The number of hydrogen-bond acceptors (Lipinski definition) is 3. The van der Waals surface area contributed by atoms with Gasteiger partial charge in [0.2, 0.25) is 0 Å². The maximum absolute atomic E-state index is 13.8. The van der Waals surface area contributed by atoms with E-state index in [-0.39, 0.29) is 11.4 Å². The number of nitrogens with two attached hydrogens (primary N) is 1. The highest BCUT2D eigenvalue weighted by atomic mass is 79.9. The van der Waals surface area contributed by atoms with Crippen molar-refractivity contribution < 1.29 is 9.50 Å². The summed E-state index contributed by atoms with van der Waals surface area (Å²) in [5.41, 5.74) is 7.15. The van der Waals surface area contributed by atoms with Gasteiger partial charge in [0.15, 0.2) is 0 Å². The molecule has 94 valence electrons. The Kier molecular flexibility index (Phi) is 3.63. The lowest BCUT2D eigenvalue weighted by atomic mass is 10.0. The summed E-state index contributed by atoms with van der Waals surface area (Å²) in [5.74, 6) is -0.284. The Hall–Kier alpha value is -1.46. The standard InChI is InChI=1S/C13H12BrFN2O/c1-7-4-10(13(16)17-6-7)12(18)9-3-2-8(14)5-11(9)15/h2-6,12,18H,1H3,(H2,16,17). The van der Waals surface area contributed by atoms with Crippen molar-refractivity contribution in [3.05, 3.63) is 57.4 Å². The van der Waals surface area contributed by atoms with E-state index in [0.29, 0.717) is 10.0 Å². The van der Waals surface area contributed by atoms with Gasteiger partial charge in [-0.05, 0) is 30.7 Å². The Labute approximate surface area is 113 Å². The molecular weight excluding hydrogens is 299 g/mol. The van der Waals surface area contributed by atoms with Crippen LogP contribution in [0.5, 0.6) is 0 Å². The second-order valence-corrected chi connectivity index (χ2v) is 4.97. The molecular formula is C13H12BrFN2O. The number of benzene rings is 1. The van der Waals surface area contributed by atoms with Gasteiger partial charge in [-0.1, -0.05) is 22.0 Å². The van der Waals surface area contributed by atoms with Gasteiger partial charge in [0.05, 0.1) is 0 Å². The molecule has 18 heavy (non-hydrogen) atoms. The second kappa shape index (κ2) is 5.04. The fraction of sp³-hybridized carbons (Fsp3) is 0.154. The van der Waals surface area contributed by atoms with Gasteiger partial charge >= 0.3 is 0 Å². The highest BCUT2D eigenvalue weighted by Gasteiger charge is 2.18. The fourth-order valence-electron chi connectivity index (χ4n) is 1.71. The van der Waals surface area contributed by atoms with Crippen LogP contribution in [0.1, 0.15) is 22.8 Å². The molecule has 1 aromatic carbocycles. The molecule has 0 aliphatic carbocycles. The molecule has 0 aliphatic heterocycles. The van der Waals surface area contributed by atoms with Crippen LogP contribution in [0.4, 0.5) is 10.2 Å². The lowest BCUT2D eigenvalue weighted by Crippen LogP contribution is -2.07. The number of aliphatic hydroxyl groups excluding tert-OH is 1. The van der Waals surface area contributed by atoms with Crippen LogP contribution in [0.3, 0.4) is 0 Å². The zero-order valence-electron chi connectivity index (χ0n) is 9.69. The van der Waals surface area contributed by atoms with Gasteiger partial charge < -0.3 is 10.8 Å². The third-order valence-electron chi connectivity index (χ3n) is 2.64. The number of hydrogen-bond donors (Lipinski definition) is 2. The summed E-state index contributed by atoms with van der Waals surface area (Å²) in [5, 5.41) is 10.2. The van der Waals surface area contributed by atoms with Gasteiger partial charge in [0.1, 0.15) is 17.7 Å². The fourth-order valence-corrected chi connectivity index (χ4v) is 2.05. The van der Waals surface area contributed by atoms with Gasteiger partial charge in [-0.3, -0.25) is 0 Å². The van der Waals surface area contributed by atoms with Crippen LogP contribution in [0, 0.1) is 12.7 Å². The van der Waals surface area contributed by atoms with E-state index >= 15 is 0 Å². The molecule has 0 fully saturated rings. The number of aryl methyl sites for hydroxylation is 1. The quantitative estimate of drug-likeness (QED) is 0.896. The molecule has 0 bridgehead atoms. The van der Waals surface area contributed by atoms with Crippen molar-refractivity contribution in [2.45, 2.75) is 13.0 Å². The number of anilines is 1. The van der Waals surface area contributed by atoms with E-state index in [1.165, 1.54) is 12.1 Å². The molecule has 1 atom stereocenters. The first-order valence-corrected chi connectivity index (χ1v) is 6.13. The Morgan fingerprint density at radius 2 is 2.06 bits per heavy atom. The molecule has 3 nitrogen and oxygen atoms in total. The highest BCUT2D eigenvalue weighted by molar-refractivity contribution is 9.10. The van der Waals surface area contributed by atoms with Crippen LogP contribution in [0.15, 0.2) is 34.9 Å². The highest BCUT2D eigenvalue weighted by Crippen LogP contribution is 2.29. The van der Waals surface area contributed by atoms with Crippen molar-refractivity contribution in [1.29, 1.82) is 0 Å². The summed E-state index contributed by atoms with van der Waals surface area (Å²) < 4.78 is 14.4. The molecule has 0 aliphatic rings. The predicted molar refractivity (Wildman–Crippen MR) is 71.5 cm³/mol. The maximum atomic E-state index is 13.8. The molecule has 0 saturated heterocycles. The van der Waals surface area contributed by atoms with Gasteiger partial charge in [-0.2, -0.15) is 0 Å². The van der Waals surface area contributed by atoms with Crippen LogP contribution < -0.4 is 5.73 Å². The molecule has 1 aromatic heterocycles. The molecule has 2 aromatic rings. The first kappa shape index (κ1) is 13.0. The van der Waals surface area contributed by atoms with Crippen molar-refractivity contribution >= 4 is 21.7 Å². The zero-order valence-corrected chi connectivity index (χ0v) is 11.3. The summed E-state index contributed by atoms with van der Waals surface area (Å²) in [6, 6.07) is 6.19. The van der Waals surface area contributed by atoms with Gasteiger partial charge in [0.25, 0.3) is 0 Å². The van der Waals surface area contributed by atoms with Crippen molar-refractivity contribution in [3.63, 3.8) is 0 Å². The minimum atomic E-state index is -1.12. The molecule has 0 radical (unpaired) electrons. The number of nitrogen functional groups attached to an aromatic ring is 1. The summed E-state index contributed by atoms with van der Waals surface area (Å²) >= 11 is 3.17. The SMILES string of the molecule is Cc1cnc(N)c(C(O)c2ccc(Br)cc2F)c1. The van der Waals surface area contributed by atoms with Crippen molar-refractivity contribution in [2.24, 2.45) is 0 Å². The minimum absolute atomic E-state index is 0.178. The Balaban J connectivity index is 2.47. The molecule has 0 spiro atoms. The van der Waals surface area contributed by atoms with Crippen LogP contribution >= 0.6 is 15.9 Å². The van der Waals surface area contributed by atoms with Gasteiger partial charge in [-0.25, -0.2) is 9.37 Å². The Bertz CT molecular complexity index is 589. The minimum Gasteiger partial charge on any atom is -0.383 e. The molecule has 0 saturated carbocycles. The summed E-state index contributed by atoms with van der Waals surface area (Å²) in [6.45, 7) is 1.83. The summed E-state index contributed by atoms with van der Waals surface area (Å²) in [7, 11) is 0. The monoisotopic (exact) mass is 310 g/mol. The molecule has 3 N–H and O–H groups in total. The number of aromatic nitrogens is 1. The number of halogens is 2. The first-order valence-electron chi connectivity index (χ1n) is 5.34. The van der Waals surface area contributed by atoms with Crippen LogP contribution in [0.2, 0.25) is 0 Å². The smallest absolute Gasteiger partial charge is 0.130 e. The topological polar surface area (TPSA) is 59.1 Å². The van der Waals surface area contributed by atoms with E-state index in [4.69, 9.17) is 5.73 Å². The molecule has 1 unspecified atom stereocenters. The second-order valence-electron chi connectivity index (χ2n) is 4.06. The Morgan fingerprint density at radius 1 is 1.33 bits per heavy atom. The largest absolute Gasteiger partial charge is 0.383 e. The van der Waals surface area contributed by atoms with Crippen molar-refractivity contribution in [1.82, 2.24) is 4.98 Å². The van der Waals surface area contributed by atoms with Crippen LogP contribution in [0.25, 0.3) is 0 Å². The molecule has 0 amide bonds. The first-order chi connectivity index (χ1) is 8.49. The van der Waals surface area contributed by atoms with E-state index in [1.54, 1.807) is 18.3 Å². The average molecular weight is 311 g/mol. The third kappa shape index (κ3) is 2.52. The van der Waals surface area contributed by atoms with Crippen LogP contribution in [-0.2, 0) is 0 Å². The number of aliphatic hydroxyl groups is 1. The normalized spacial score (nSPS) is 12.4. The van der Waals surface area contributed by atoms with Crippen LogP contribution in [-0.4, -0.2) is 10.1 Å². The molecule has 2 rings (SSSR count). The third-order valence-corrected chi connectivity index (χ3v) is 3.13. The predicted octanol–water partition coefficient (Wildman–Crippen LogP) is 2.96. The summed E-state index contributed by atoms with van der Waals surface area (Å²) in [4.78, 5) is 3.96. The molecule has 1 heterocycles. The number of rotatable bonds is 2. The van der Waals surface area contributed by atoms with Crippen molar-refractivity contribution in [2.75, 3.05) is 5.73 Å². The maximum Gasteiger partial charge on any atom is 0.130 e. The van der Waals surface area contributed by atoms with Gasteiger partial charge in [0, 0.05) is 21.8 Å². The summed E-state index contributed by atoms with van der Waals surface area (Å²) in [6.07, 6.45) is 0.481. The number of nitrogens with zero attached hydrogens (tertiary/aromatic N) is 1. The lowest BCUT2D eigenvalue weighted by molar-refractivity contribution is 0.215. The van der Waals surface area contributed by atoms with E-state index < -0.39 is 11.9 Å². The van der Waals surface area contributed by atoms with E-state index in [2.05, 4.69) is 20.9 Å². The number of pyridine rings is 1. The average Bonchev–Trinajstić information content (AvgIpc) is 2.31. The lowest BCUT2D eigenvalue weighted by Gasteiger charge is -2.14. The zero-order chi connectivity index (χ0) is 13.3. The van der Waals surface area contributed by atoms with Crippen molar-refractivity contribution in [3.8, 4) is 0 Å². The molecule has 5 heteroatoms. The van der Waals surface area contributed by atoms with Gasteiger partial charge in [-0.15, -0.1) is 0 Å². The van der Waals surface area contributed by atoms with E-state index in [1.807, 2.05) is 6.92 Å². The Morgan fingerprint density at radius 3 is 2.72 bits per heavy atom. The van der Waals surface area contributed by atoms with E-state index in [9.17, 15) is 9.50 Å².